The molecule has 30 nitrogen and oxygen atoms in total. The van der Waals surface area contributed by atoms with Crippen LogP contribution < -0.4 is 31.4 Å². The number of aliphatic hydroxyl groups is 6. The van der Waals surface area contributed by atoms with E-state index in [1.807, 2.05) is 0 Å². The smallest absolute Gasteiger partial charge is 0.390 e. The van der Waals surface area contributed by atoms with Gasteiger partial charge in [-0.15, -0.1) is 0 Å². The maximum atomic E-state index is 12.8. The number of benzene rings is 3. The highest BCUT2D eigenvalue weighted by molar-refractivity contribution is 8.00. The van der Waals surface area contributed by atoms with Gasteiger partial charge in [0, 0.05) is 67.5 Å². The molecule has 49 heteroatoms. The highest BCUT2D eigenvalue weighted by Crippen LogP contribution is 2.44. The van der Waals surface area contributed by atoms with Gasteiger partial charge < -0.3 is 46.6 Å². The minimum Gasteiger partial charge on any atom is -0.390 e. The summed E-state index contributed by atoms with van der Waals surface area (Å²) in [6.45, 7) is -1.26. The first-order valence-corrected chi connectivity index (χ1v) is 38.3. The summed E-state index contributed by atoms with van der Waals surface area (Å²) in [6.07, 6.45) is -3.29. The summed E-state index contributed by atoms with van der Waals surface area (Å²) >= 11 is 18.3. The van der Waals surface area contributed by atoms with E-state index in [-0.39, 0.29) is 121 Å². The van der Waals surface area contributed by atoms with Gasteiger partial charge in [-0.3, -0.25) is 16.9 Å². The topological polar surface area (TPSA) is 456 Å². The number of fused-ring (bicyclic) bond motifs is 3. The summed E-state index contributed by atoms with van der Waals surface area (Å²) in [7, 11) is -13.7. The molecule has 0 bridgehead atoms. The second-order valence-electron chi connectivity index (χ2n) is 23.5. The molecule has 12 rings (SSSR count). The Hall–Kier alpha value is -6.49. The fraction of sp³-hybridized carbons (Fsp3) is 0.390. The standard InChI is InChI=1S/C19H18Cl2F3N5O5S2.C19H19ClF3N5O5S2.C19H20F3N5O5S2.CH3F.CH4/c20-11-6-26-18-13(21)14(8-2-1-3-10(4-8)35-19(22,23)24)28-29(18)17(11)27-12-5-9(15(30)16(12)31)7-34-36(25,32)33;20-12-7-25-15-6-13(9-2-1-3-11(4-9)34-19(21,22)23)27-28(15)18(12)26-14-5-10(16(29)17(14)30)8-33-35(24,31)32;20-19(21,22)33-12-3-1-2-10(6-12)13-8-16-24-5-4-15(27(16)26-13)25-14-7-11(17(28)18(14)29)9-32-34(23,30)31;1-2;/h1-4,6,9,12,15-16,27,30-31H,5,7H2,(H2,25,32,33);1-4,6-7,10,14,16-17,26,29-30H,5,8H2,(H2,24,31,32);1-6,8,11,14,17-18,25,28-29H,7,9H2,(H2,23,30,31);1H3;1H4/t9-,12-,15-,16+;10-,14-,16-,17+;11-,14-,17-,18+;;/m111../s1/i;;;1D;. The number of aliphatic hydroxyl groups excluding tert-OH is 6. The van der Waals surface area contributed by atoms with Crippen molar-refractivity contribution in [3.63, 3.8) is 0 Å². The molecular formula is C59H64Cl3F10N15O15S6. The average Bonchev–Trinajstić information content (AvgIpc) is 1.62. The van der Waals surface area contributed by atoms with Crippen LogP contribution in [-0.4, -0.2) is 198 Å². The zero-order valence-corrected chi connectivity index (χ0v) is 60.9. The van der Waals surface area contributed by atoms with E-state index in [1.165, 1.54) is 92.8 Å². The molecule has 3 aliphatic rings. The quantitative estimate of drug-likeness (QED) is 0.0237. The maximum absolute atomic E-state index is 12.8. The Morgan fingerprint density at radius 1 is 0.519 bits per heavy atom. The van der Waals surface area contributed by atoms with Gasteiger partial charge in [-0.25, -0.2) is 30.4 Å². The van der Waals surface area contributed by atoms with Gasteiger partial charge in [0.2, 0.25) is 0 Å². The third-order valence-corrected chi connectivity index (χ3v) is 20.6. The van der Waals surface area contributed by atoms with Crippen molar-refractivity contribution in [3.05, 3.63) is 125 Å². The molecule has 9 aromatic rings. The van der Waals surface area contributed by atoms with Crippen LogP contribution >= 0.6 is 70.1 Å². The van der Waals surface area contributed by atoms with E-state index < -0.39 is 140 Å². The Morgan fingerprint density at radius 3 is 1.29 bits per heavy atom. The molecule has 15 N–H and O–H groups in total. The second kappa shape index (κ2) is 35.5. The number of nitrogens with two attached hydrogens (primary N) is 3. The lowest BCUT2D eigenvalue weighted by molar-refractivity contribution is -0.0337. The van der Waals surface area contributed by atoms with Crippen molar-refractivity contribution in [3.8, 4) is 33.8 Å². The van der Waals surface area contributed by atoms with Gasteiger partial charge in [-0.2, -0.15) is 93.6 Å². The number of alkyl halides is 10. The second-order valence-corrected chi connectivity index (χ2v) is 31.8. The van der Waals surface area contributed by atoms with E-state index in [2.05, 4.69) is 58.7 Å². The van der Waals surface area contributed by atoms with Crippen LogP contribution in [0.5, 0.6) is 0 Å². The third-order valence-electron chi connectivity index (χ3n) is 16.1. The molecule has 6 aromatic heterocycles. The Morgan fingerprint density at radius 2 is 0.880 bits per heavy atom. The first-order chi connectivity index (χ1) is 50.3. The largest absolute Gasteiger partial charge is 0.446 e. The Bertz CT molecular complexity index is 5020. The summed E-state index contributed by atoms with van der Waals surface area (Å²) < 4.78 is 214. The molecule has 0 radical (unpaired) electrons. The van der Waals surface area contributed by atoms with Crippen LogP contribution in [0.2, 0.25) is 15.1 Å². The molecule has 0 saturated heterocycles. The van der Waals surface area contributed by atoms with E-state index >= 15 is 0 Å². The molecule has 3 aliphatic carbocycles. The monoisotopic (exact) mass is 1710 g/mol. The number of anilines is 3. The lowest BCUT2D eigenvalue weighted by atomic mass is 10.1. The minimum absolute atomic E-state index is 0. The highest BCUT2D eigenvalue weighted by Gasteiger charge is 2.46. The van der Waals surface area contributed by atoms with Gasteiger partial charge in [0.15, 0.2) is 28.6 Å². The zero-order chi connectivity index (χ0) is 79.3. The van der Waals surface area contributed by atoms with E-state index in [9.17, 15) is 99.8 Å². The number of hydrogen-bond acceptors (Lipinski definition) is 27. The summed E-state index contributed by atoms with van der Waals surface area (Å²) in [5.74, 6) is -1.43. The number of nitrogens with one attached hydrogen (secondary N) is 3. The molecule has 592 valence electrons. The van der Waals surface area contributed by atoms with Gasteiger partial charge in [0.05, 0.1) is 88.6 Å². The molecule has 0 aliphatic heterocycles. The fourth-order valence-corrected chi connectivity index (χ4v) is 15.0. The molecule has 6 heterocycles. The lowest BCUT2D eigenvalue weighted by Crippen LogP contribution is -2.36. The Kier molecular flexibility index (Phi) is 28.1. The van der Waals surface area contributed by atoms with Crippen LogP contribution in [0.25, 0.3) is 50.7 Å². The van der Waals surface area contributed by atoms with Crippen molar-refractivity contribution >= 4 is 135 Å². The molecule has 3 fully saturated rings. The van der Waals surface area contributed by atoms with E-state index in [1.54, 1.807) is 30.3 Å². The predicted molar refractivity (Wildman–Crippen MR) is 380 cm³/mol. The van der Waals surface area contributed by atoms with Gasteiger partial charge in [0.1, 0.15) is 44.9 Å². The molecule has 3 aromatic carbocycles. The number of nitrogens with zero attached hydrogens (tertiary/aromatic N) is 9. The van der Waals surface area contributed by atoms with Crippen LogP contribution in [0.4, 0.5) is 61.4 Å². The Balaban J connectivity index is 0.000000201. The van der Waals surface area contributed by atoms with Crippen molar-refractivity contribution in [2.45, 2.75) is 113 Å². The Labute approximate surface area is 636 Å². The summed E-state index contributed by atoms with van der Waals surface area (Å²) in [5, 5.41) is 99.1. The molecule has 0 spiro atoms. The first kappa shape index (κ1) is 85.5. The van der Waals surface area contributed by atoms with Crippen LogP contribution in [0, 0.1) is 17.8 Å². The number of thioether (sulfide) groups is 3. The summed E-state index contributed by atoms with van der Waals surface area (Å²) in [6, 6.07) is 19.7. The highest BCUT2D eigenvalue weighted by atomic mass is 35.5. The molecule has 3 saturated carbocycles. The fourth-order valence-electron chi connectivity index (χ4n) is 11.5. The van der Waals surface area contributed by atoms with Crippen LogP contribution in [0.3, 0.4) is 0 Å². The van der Waals surface area contributed by atoms with Crippen LogP contribution in [-0.2, 0) is 43.5 Å². The van der Waals surface area contributed by atoms with Gasteiger partial charge >= 0.3 is 47.4 Å². The van der Waals surface area contributed by atoms with E-state index in [0.717, 1.165) is 0 Å². The van der Waals surface area contributed by atoms with Crippen molar-refractivity contribution < 1.29 is 114 Å². The number of rotatable bonds is 21. The van der Waals surface area contributed by atoms with Crippen molar-refractivity contribution in [1.82, 2.24) is 43.8 Å². The average molecular weight is 1710 g/mol. The SMILES string of the molecule is C.NS(=O)(=O)OC[C@H]1C[C@@H](Nc2c(Cl)cnc3c(Cl)c(-c4cccc(SC(F)(F)F)c4)nn23)[C@H](O)[C@@H]1O.NS(=O)(=O)OC[C@H]1C[C@@H](Nc2c(Cl)cnc3cc(-c4cccc(SC(F)(F)F)c4)nn23)[C@H](O)[C@@H]1O.NS(=O)(=O)OC[C@H]1C[C@@H](Nc2ccnc3cc(-c4cccc(SC(F)(F)F)c4)nn23)[C@H](O)[C@@H]1O.[2H]CF. The van der Waals surface area contributed by atoms with Crippen LogP contribution in [0.1, 0.15) is 28.1 Å². The molecule has 0 unspecified atom stereocenters. The summed E-state index contributed by atoms with van der Waals surface area (Å²) in [4.78, 5) is 12.5. The minimum atomic E-state index is -4.47. The molecular weight excluding hydrogens is 1650 g/mol. The molecule has 108 heavy (non-hydrogen) atoms. The van der Waals surface area contributed by atoms with E-state index in [4.69, 9.17) is 51.6 Å². The van der Waals surface area contributed by atoms with E-state index in [0.29, 0.717) is 45.2 Å². The van der Waals surface area contributed by atoms with Gasteiger partial charge in [-0.1, -0.05) is 78.6 Å². The van der Waals surface area contributed by atoms with Crippen molar-refractivity contribution in [1.29, 1.82) is 0 Å². The first-order valence-electron chi connectivity index (χ1n) is 31.0. The normalized spacial score (nSPS) is 22.7. The van der Waals surface area contributed by atoms with Crippen LogP contribution in [0.15, 0.2) is 124 Å². The van der Waals surface area contributed by atoms with Crippen molar-refractivity contribution in [2.75, 3.05) is 42.9 Å². The van der Waals surface area contributed by atoms with Crippen molar-refractivity contribution in [2.24, 2.45) is 33.2 Å². The lowest BCUT2D eigenvalue weighted by Gasteiger charge is -2.20. The molecule has 12 atom stereocenters. The zero-order valence-electron chi connectivity index (χ0n) is 54.7. The van der Waals surface area contributed by atoms with Gasteiger partial charge in [-0.05, 0) is 97.0 Å². The number of aromatic nitrogens is 9. The maximum Gasteiger partial charge on any atom is 0.446 e. The third kappa shape index (κ3) is 23.1. The predicted octanol–water partition coefficient (Wildman–Crippen LogP) is 8.43. The molecule has 0 amide bonds. The number of hydrogen-bond donors (Lipinski definition) is 12. The number of halogens is 13. The summed E-state index contributed by atoms with van der Waals surface area (Å²) in [5.41, 5.74) is -10.4. The van der Waals surface area contributed by atoms with Gasteiger partial charge in [0.25, 0.3) is 0 Å².